The molecule has 0 aliphatic heterocycles. The van der Waals surface area contributed by atoms with Crippen molar-refractivity contribution in [3.63, 3.8) is 0 Å². The second kappa shape index (κ2) is 39.4. The van der Waals surface area contributed by atoms with Gasteiger partial charge in [0.15, 0.2) is 6.10 Å². The van der Waals surface area contributed by atoms with E-state index >= 15 is 0 Å². The molecule has 0 aliphatic carbocycles. The normalized spacial score (nSPS) is 14.5. The highest BCUT2D eigenvalue weighted by Crippen LogP contribution is 2.43. The van der Waals surface area contributed by atoms with Crippen LogP contribution in [0.15, 0.2) is 97.2 Å². The van der Waals surface area contributed by atoms with Crippen molar-refractivity contribution in [1.29, 1.82) is 0 Å². The first-order valence-electron chi connectivity index (χ1n) is 22.0. The summed E-state index contributed by atoms with van der Waals surface area (Å²) in [6.07, 6.45) is 51.7. The van der Waals surface area contributed by atoms with Crippen LogP contribution in [0.3, 0.4) is 0 Å². The van der Waals surface area contributed by atoms with Crippen molar-refractivity contribution in [1.82, 2.24) is 0 Å². The summed E-state index contributed by atoms with van der Waals surface area (Å²) in [5, 5.41) is 0. The standard InChI is InChI=1S/C48H80NO8P/c1-6-8-10-12-14-16-18-20-21-22-23-24-25-26-27-29-30-32-34-36-38-40-47(50)54-44-46(45-56-58(52,53)55-43-42-49(3,4)5)57-48(51)41-39-37-35-33-31-28-19-17-15-13-11-9-7-2/h9,11,13-17,19-21,23-24,26-28,31,46H,6-8,10,12,18,22,25,29-30,32-45H2,1-5H3/p+1/b11-9+,15-13+,16-14+,19-17+,21-20+,24-23+,27-26+,31-28+. The van der Waals surface area contributed by atoms with Crippen LogP contribution in [0.25, 0.3) is 0 Å². The Morgan fingerprint density at radius 1 is 0.569 bits per heavy atom. The van der Waals surface area contributed by atoms with Gasteiger partial charge < -0.3 is 18.9 Å². The van der Waals surface area contributed by atoms with Crippen molar-refractivity contribution in [2.75, 3.05) is 47.5 Å². The van der Waals surface area contributed by atoms with Gasteiger partial charge in [0.25, 0.3) is 0 Å². The van der Waals surface area contributed by atoms with E-state index in [1.54, 1.807) is 0 Å². The first kappa shape index (κ1) is 54.9. The van der Waals surface area contributed by atoms with Gasteiger partial charge in [-0.1, -0.05) is 150 Å². The summed E-state index contributed by atoms with van der Waals surface area (Å²) in [6.45, 7) is 4.15. The van der Waals surface area contributed by atoms with Crippen LogP contribution in [0, 0.1) is 0 Å². The lowest BCUT2D eigenvalue weighted by molar-refractivity contribution is -0.870. The number of quaternary nitrogens is 1. The number of hydrogen-bond donors (Lipinski definition) is 1. The van der Waals surface area contributed by atoms with Gasteiger partial charge in [-0.2, -0.15) is 0 Å². The molecular weight excluding hydrogens is 750 g/mol. The molecule has 0 heterocycles. The number of phosphoric ester groups is 1. The van der Waals surface area contributed by atoms with Crippen LogP contribution in [-0.2, 0) is 32.7 Å². The maximum Gasteiger partial charge on any atom is 0.472 e. The van der Waals surface area contributed by atoms with Gasteiger partial charge in [0.05, 0.1) is 27.7 Å². The summed E-state index contributed by atoms with van der Waals surface area (Å²) in [7, 11) is 1.42. The maximum atomic E-state index is 12.7. The third-order valence-electron chi connectivity index (χ3n) is 8.69. The van der Waals surface area contributed by atoms with E-state index in [0.29, 0.717) is 23.9 Å². The van der Waals surface area contributed by atoms with E-state index < -0.39 is 32.5 Å². The Hall–Kier alpha value is -3.07. The summed E-state index contributed by atoms with van der Waals surface area (Å²) < 4.78 is 34.2. The summed E-state index contributed by atoms with van der Waals surface area (Å²) in [5.74, 6) is -0.877. The number of rotatable bonds is 38. The van der Waals surface area contributed by atoms with E-state index in [9.17, 15) is 19.0 Å². The predicted octanol–water partition coefficient (Wildman–Crippen LogP) is 12.6. The SMILES string of the molecule is CC/C=C/C=C/C=C/C=C/CCCCCC(=O)OC(COC(=O)CCCCCCC/C=C/C/C=C/C/C=C/C/C=C/CCCCC)COP(=O)(O)OCC[N+](C)(C)C. The molecule has 0 radical (unpaired) electrons. The third-order valence-corrected chi connectivity index (χ3v) is 9.68. The molecule has 0 saturated heterocycles. The Bertz CT molecular complexity index is 1300. The Morgan fingerprint density at radius 3 is 1.64 bits per heavy atom. The monoisotopic (exact) mass is 831 g/mol. The van der Waals surface area contributed by atoms with E-state index in [0.717, 1.165) is 77.0 Å². The number of carbonyl (C=O) groups excluding carboxylic acids is 2. The first-order valence-corrected chi connectivity index (χ1v) is 23.5. The molecule has 0 amide bonds. The van der Waals surface area contributed by atoms with Crippen LogP contribution in [0.2, 0.25) is 0 Å². The zero-order valence-electron chi connectivity index (χ0n) is 37.0. The number of nitrogens with zero attached hydrogens (tertiary/aromatic N) is 1. The molecule has 0 fully saturated rings. The molecule has 0 bridgehead atoms. The fraction of sp³-hybridized carbons (Fsp3) is 0.625. The zero-order chi connectivity index (χ0) is 42.8. The summed E-state index contributed by atoms with van der Waals surface area (Å²) in [4.78, 5) is 35.3. The van der Waals surface area contributed by atoms with Crippen LogP contribution in [0.1, 0.15) is 142 Å². The van der Waals surface area contributed by atoms with Crippen LogP contribution in [0.4, 0.5) is 0 Å². The van der Waals surface area contributed by atoms with Gasteiger partial charge in [-0.15, -0.1) is 0 Å². The average molecular weight is 831 g/mol. The lowest BCUT2D eigenvalue weighted by Gasteiger charge is -2.24. The first-order chi connectivity index (χ1) is 28.0. The Kier molecular flexibility index (Phi) is 37.3. The van der Waals surface area contributed by atoms with E-state index in [4.69, 9.17) is 18.5 Å². The second-order valence-corrected chi connectivity index (χ2v) is 16.9. The molecule has 58 heavy (non-hydrogen) atoms. The van der Waals surface area contributed by atoms with Crippen molar-refractivity contribution >= 4 is 19.8 Å². The van der Waals surface area contributed by atoms with Gasteiger partial charge in [-0.05, 0) is 77.0 Å². The predicted molar refractivity (Wildman–Crippen MR) is 242 cm³/mol. The van der Waals surface area contributed by atoms with Gasteiger partial charge in [-0.25, -0.2) is 4.57 Å². The third kappa shape index (κ3) is 42.5. The van der Waals surface area contributed by atoms with Gasteiger partial charge in [0.2, 0.25) is 0 Å². The average Bonchev–Trinajstić information content (AvgIpc) is 3.17. The summed E-state index contributed by atoms with van der Waals surface area (Å²) >= 11 is 0. The van der Waals surface area contributed by atoms with Crippen molar-refractivity contribution in [2.45, 2.75) is 148 Å². The summed E-state index contributed by atoms with van der Waals surface area (Å²) in [6, 6.07) is 0. The molecule has 2 atom stereocenters. The van der Waals surface area contributed by atoms with Crippen LogP contribution in [0.5, 0.6) is 0 Å². The fourth-order valence-corrected chi connectivity index (χ4v) is 5.98. The number of ether oxygens (including phenoxy) is 2. The Morgan fingerprint density at radius 2 is 1.05 bits per heavy atom. The highest BCUT2D eigenvalue weighted by Gasteiger charge is 2.27. The maximum absolute atomic E-state index is 12.7. The number of unbranched alkanes of at least 4 members (excludes halogenated alkanes) is 11. The van der Waals surface area contributed by atoms with Crippen LogP contribution >= 0.6 is 7.82 Å². The van der Waals surface area contributed by atoms with Crippen molar-refractivity contribution in [3.05, 3.63) is 97.2 Å². The second-order valence-electron chi connectivity index (χ2n) is 15.4. The topological polar surface area (TPSA) is 108 Å². The number of carbonyl (C=O) groups is 2. The molecule has 2 unspecified atom stereocenters. The minimum atomic E-state index is -4.40. The Labute approximate surface area is 353 Å². The zero-order valence-corrected chi connectivity index (χ0v) is 37.9. The fourth-order valence-electron chi connectivity index (χ4n) is 5.24. The van der Waals surface area contributed by atoms with E-state index in [2.05, 4.69) is 74.6 Å². The molecule has 10 heteroatoms. The number of allylic oxidation sites excluding steroid dienone is 16. The molecule has 0 aromatic rings. The minimum Gasteiger partial charge on any atom is -0.462 e. The molecule has 0 aromatic heterocycles. The van der Waals surface area contributed by atoms with E-state index in [1.165, 1.54) is 25.7 Å². The number of hydrogen-bond acceptors (Lipinski definition) is 7. The minimum absolute atomic E-state index is 0.0143. The quantitative estimate of drug-likeness (QED) is 0.0164. The van der Waals surface area contributed by atoms with Crippen molar-refractivity contribution in [3.8, 4) is 0 Å². The Balaban J connectivity index is 4.43. The molecule has 9 nitrogen and oxygen atoms in total. The molecule has 0 saturated carbocycles. The molecule has 1 N–H and O–H groups in total. The highest BCUT2D eigenvalue weighted by atomic mass is 31.2. The molecule has 0 aliphatic rings. The van der Waals surface area contributed by atoms with Gasteiger partial charge >= 0.3 is 19.8 Å². The molecule has 330 valence electrons. The number of likely N-dealkylation sites (N-methyl/N-ethyl adjacent to an activating group) is 1. The van der Waals surface area contributed by atoms with Gasteiger partial charge in [0, 0.05) is 12.8 Å². The molecule has 0 rings (SSSR count). The summed E-state index contributed by atoms with van der Waals surface area (Å²) in [5.41, 5.74) is 0. The number of phosphoric acid groups is 1. The largest absolute Gasteiger partial charge is 0.472 e. The van der Waals surface area contributed by atoms with Gasteiger partial charge in [0.1, 0.15) is 19.8 Å². The number of esters is 2. The molecular formula is C48H81NO8P+. The van der Waals surface area contributed by atoms with E-state index in [-0.39, 0.29) is 26.1 Å². The molecule has 0 aromatic carbocycles. The lowest BCUT2D eigenvalue weighted by atomic mass is 10.1. The van der Waals surface area contributed by atoms with Gasteiger partial charge in [-0.3, -0.25) is 18.6 Å². The van der Waals surface area contributed by atoms with Crippen LogP contribution in [-0.4, -0.2) is 74.9 Å². The van der Waals surface area contributed by atoms with Crippen LogP contribution < -0.4 is 0 Å². The highest BCUT2D eigenvalue weighted by molar-refractivity contribution is 7.47. The lowest BCUT2D eigenvalue weighted by Crippen LogP contribution is -2.37. The van der Waals surface area contributed by atoms with Crippen molar-refractivity contribution in [2.24, 2.45) is 0 Å². The van der Waals surface area contributed by atoms with Crippen molar-refractivity contribution < 1.29 is 42.1 Å². The van der Waals surface area contributed by atoms with E-state index in [1.807, 2.05) is 57.6 Å². The molecule has 0 spiro atoms. The smallest absolute Gasteiger partial charge is 0.462 e.